The summed E-state index contributed by atoms with van der Waals surface area (Å²) in [6.45, 7) is 4.32. The predicted octanol–water partition coefficient (Wildman–Crippen LogP) is 3.42. The van der Waals surface area contributed by atoms with Crippen LogP contribution in [0.15, 0.2) is 29.8 Å². The van der Waals surface area contributed by atoms with E-state index in [1.54, 1.807) is 0 Å². The van der Waals surface area contributed by atoms with E-state index < -0.39 is 0 Å². The largest absolute Gasteiger partial charge is 0.362 e. The van der Waals surface area contributed by atoms with Crippen molar-refractivity contribution in [1.29, 1.82) is 0 Å². The van der Waals surface area contributed by atoms with Crippen LogP contribution in [0, 0.1) is 0 Å². The Kier molecular flexibility index (Phi) is 4.56. The van der Waals surface area contributed by atoms with Gasteiger partial charge >= 0.3 is 0 Å². The molecule has 4 heteroatoms. The molecule has 21 heavy (non-hydrogen) atoms. The normalized spacial score (nSPS) is 15.2. The van der Waals surface area contributed by atoms with E-state index in [4.69, 9.17) is 0 Å². The zero-order chi connectivity index (χ0) is 14.7. The van der Waals surface area contributed by atoms with Crippen LogP contribution >= 0.6 is 11.3 Å². The van der Waals surface area contributed by atoms with E-state index in [9.17, 15) is 0 Å². The van der Waals surface area contributed by atoms with Gasteiger partial charge < -0.3 is 10.2 Å². The average molecular weight is 301 g/mol. The minimum Gasteiger partial charge on any atom is -0.362 e. The third kappa shape index (κ3) is 2.97. The van der Waals surface area contributed by atoms with Gasteiger partial charge in [-0.15, -0.1) is 11.3 Å². The average Bonchev–Trinajstić information content (AvgIpc) is 3.17. The summed E-state index contributed by atoms with van der Waals surface area (Å²) in [5.41, 5.74) is 3.95. The summed E-state index contributed by atoms with van der Waals surface area (Å²) in [5, 5.41) is 5.47. The van der Waals surface area contributed by atoms with Crippen molar-refractivity contribution in [2.24, 2.45) is 0 Å². The summed E-state index contributed by atoms with van der Waals surface area (Å²) in [7, 11) is 2.03. The molecule has 3 nitrogen and oxygen atoms in total. The van der Waals surface area contributed by atoms with Crippen LogP contribution in [-0.2, 0) is 12.8 Å². The first-order chi connectivity index (χ1) is 10.3. The first kappa shape index (κ1) is 14.5. The number of rotatable bonds is 6. The fourth-order valence-corrected chi connectivity index (χ4v) is 3.92. The molecule has 0 fully saturated rings. The van der Waals surface area contributed by atoms with Crippen molar-refractivity contribution < 1.29 is 0 Å². The number of hydrogen-bond acceptors (Lipinski definition) is 4. The molecule has 0 amide bonds. The first-order valence-corrected chi connectivity index (χ1v) is 8.64. The standard InChI is InChI=1S/C17H23N3S/c1-3-13-11-16-14(19-12-13)7-9-20(16)15(6-8-18-2)17-5-4-10-21-17/h4-5,10-12,15,18H,3,6-9H2,1-2H3. The Labute approximate surface area is 131 Å². The number of nitrogens with zero attached hydrogens (tertiary/aromatic N) is 2. The minimum atomic E-state index is 0.465. The molecule has 0 radical (unpaired) electrons. The van der Waals surface area contributed by atoms with Crippen molar-refractivity contribution in [3.8, 4) is 0 Å². The second-order valence-corrected chi connectivity index (χ2v) is 6.51. The molecular weight excluding hydrogens is 278 g/mol. The molecule has 2 aromatic heterocycles. The van der Waals surface area contributed by atoms with Gasteiger partial charge in [-0.3, -0.25) is 4.98 Å². The molecule has 2 aromatic rings. The molecule has 0 bridgehead atoms. The highest BCUT2D eigenvalue weighted by Crippen LogP contribution is 2.37. The lowest BCUT2D eigenvalue weighted by Gasteiger charge is -2.30. The number of fused-ring (bicyclic) bond motifs is 1. The van der Waals surface area contributed by atoms with E-state index in [1.165, 1.54) is 21.8 Å². The summed E-state index contributed by atoms with van der Waals surface area (Å²) in [5.74, 6) is 0. The summed E-state index contributed by atoms with van der Waals surface area (Å²) < 4.78 is 0. The van der Waals surface area contributed by atoms with Gasteiger partial charge in [0.1, 0.15) is 0 Å². The van der Waals surface area contributed by atoms with Gasteiger partial charge in [-0.1, -0.05) is 13.0 Å². The fraction of sp³-hybridized carbons (Fsp3) is 0.471. The van der Waals surface area contributed by atoms with Gasteiger partial charge in [-0.25, -0.2) is 0 Å². The molecular formula is C17H23N3S. The predicted molar refractivity (Wildman–Crippen MR) is 90.3 cm³/mol. The molecule has 1 atom stereocenters. The number of nitrogens with one attached hydrogen (secondary N) is 1. The Bertz CT molecular complexity index is 580. The number of anilines is 1. The van der Waals surface area contributed by atoms with Crippen LogP contribution in [0.5, 0.6) is 0 Å². The van der Waals surface area contributed by atoms with Gasteiger partial charge in [0.25, 0.3) is 0 Å². The maximum Gasteiger partial charge on any atom is 0.0654 e. The van der Waals surface area contributed by atoms with E-state index in [2.05, 4.69) is 45.7 Å². The van der Waals surface area contributed by atoms with Crippen molar-refractivity contribution in [3.63, 3.8) is 0 Å². The lowest BCUT2D eigenvalue weighted by Crippen LogP contribution is -2.28. The second kappa shape index (κ2) is 6.58. The Morgan fingerprint density at radius 3 is 3.10 bits per heavy atom. The van der Waals surface area contributed by atoms with Crippen LogP contribution in [0.4, 0.5) is 5.69 Å². The Morgan fingerprint density at radius 1 is 1.48 bits per heavy atom. The number of aromatic nitrogens is 1. The van der Waals surface area contributed by atoms with Gasteiger partial charge in [-0.2, -0.15) is 0 Å². The molecule has 0 saturated heterocycles. The van der Waals surface area contributed by atoms with Gasteiger partial charge in [0.15, 0.2) is 0 Å². The zero-order valence-electron chi connectivity index (χ0n) is 12.8. The summed E-state index contributed by atoms with van der Waals surface area (Å²) in [6.07, 6.45) is 5.29. The molecule has 1 aliphatic heterocycles. The molecule has 0 spiro atoms. The van der Waals surface area contributed by atoms with E-state index in [-0.39, 0.29) is 0 Å². The molecule has 1 unspecified atom stereocenters. The van der Waals surface area contributed by atoms with Gasteiger partial charge in [-0.05, 0) is 49.5 Å². The number of thiophene rings is 1. The molecule has 3 heterocycles. The molecule has 0 aliphatic carbocycles. The highest BCUT2D eigenvalue weighted by atomic mass is 32.1. The first-order valence-electron chi connectivity index (χ1n) is 7.76. The number of hydrogen-bond donors (Lipinski definition) is 1. The molecule has 3 rings (SSSR count). The van der Waals surface area contributed by atoms with E-state index in [0.29, 0.717) is 6.04 Å². The summed E-state index contributed by atoms with van der Waals surface area (Å²) in [6, 6.07) is 7.23. The quantitative estimate of drug-likeness (QED) is 0.886. The van der Waals surface area contributed by atoms with Gasteiger partial charge in [0.2, 0.25) is 0 Å². The molecule has 1 aliphatic rings. The highest BCUT2D eigenvalue weighted by molar-refractivity contribution is 7.10. The zero-order valence-corrected chi connectivity index (χ0v) is 13.6. The SMILES string of the molecule is CCc1cnc2c(c1)N(C(CCNC)c1cccs1)CC2. The van der Waals surface area contributed by atoms with Crippen LogP contribution in [0.2, 0.25) is 0 Å². The molecule has 1 N–H and O–H groups in total. The monoisotopic (exact) mass is 301 g/mol. The maximum absolute atomic E-state index is 4.67. The van der Waals surface area contributed by atoms with Crippen molar-refractivity contribution in [1.82, 2.24) is 10.3 Å². The van der Waals surface area contributed by atoms with Crippen molar-refractivity contribution in [2.75, 3.05) is 25.0 Å². The Balaban J connectivity index is 1.91. The maximum atomic E-state index is 4.67. The molecule has 0 saturated carbocycles. The highest BCUT2D eigenvalue weighted by Gasteiger charge is 2.28. The number of aryl methyl sites for hydroxylation is 1. The van der Waals surface area contributed by atoms with Crippen molar-refractivity contribution in [3.05, 3.63) is 45.9 Å². The Morgan fingerprint density at radius 2 is 2.38 bits per heavy atom. The van der Waals surface area contributed by atoms with Crippen LogP contribution in [0.25, 0.3) is 0 Å². The van der Waals surface area contributed by atoms with Crippen LogP contribution in [0.1, 0.15) is 35.5 Å². The lowest BCUT2D eigenvalue weighted by atomic mass is 10.1. The second-order valence-electron chi connectivity index (χ2n) is 5.53. The fourth-order valence-electron chi connectivity index (χ4n) is 3.04. The number of pyridine rings is 1. The van der Waals surface area contributed by atoms with Crippen molar-refractivity contribution >= 4 is 17.0 Å². The van der Waals surface area contributed by atoms with Crippen LogP contribution in [-0.4, -0.2) is 25.1 Å². The third-order valence-corrected chi connectivity index (χ3v) is 5.20. The van der Waals surface area contributed by atoms with E-state index >= 15 is 0 Å². The van der Waals surface area contributed by atoms with E-state index in [0.717, 1.165) is 32.4 Å². The minimum absolute atomic E-state index is 0.465. The third-order valence-electron chi connectivity index (χ3n) is 4.23. The summed E-state index contributed by atoms with van der Waals surface area (Å²) >= 11 is 1.86. The van der Waals surface area contributed by atoms with Crippen LogP contribution < -0.4 is 10.2 Å². The van der Waals surface area contributed by atoms with Gasteiger partial charge in [0.05, 0.1) is 17.4 Å². The molecule has 0 aromatic carbocycles. The topological polar surface area (TPSA) is 28.2 Å². The van der Waals surface area contributed by atoms with E-state index in [1.807, 2.05) is 24.6 Å². The summed E-state index contributed by atoms with van der Waals surface area (Å²) in [4.78, 5) is 8.69. The smallest absolute Gasteiger partial charge is 0.0654 e. The Hall–Kier alpha value is -1.39. The van der Waals surface area contributed by atoms with Gasteiger partial charge in [0, 0.05) is 24.0 Å². The van der Waals surface area contributed by atoms with Crippen molar-refractivity contribution in [2.45, 2.75) is 32.2 Å². The lowest BCUT2D eigenvalue weighted by molar-refractivity contribution is 0.576. The molecule has 112 valence electrons. The van der Waals surface area contributed by atoms with Crippen LogP contribution in [0.3, 0.4) is 0 Å².